The van der Waals surface area contributed by atoms with E-state index in [1.165, 1.54) is 6.07 Å². The van der Waals surface area contributed by atoms with Crippen LogP contribution in [0.15, 0.2) is 36.4 Å². The van der Waals surface area contributed by atoms with Gasteiger partial charge in [0, 0.05) is 5.69 Å². The van der Waals surface area contributed by atoms with Gasteiger partial charge in [-0.15, -0.1) is 0 Å². The van der Waals surface area contributed by atoms with Crippen LogP contribution in [0.2, 0.25) is 5.02 Å². The lowest BCUT2D eigenvalue weighted by Crippen LogP contribution is -2.07. The third-order valence-corrected chi connectivity index (χ3v) is 3.96. The monoisotopic (exact) mass is 286 g/mol. The average molecular weight is 287 g/mol. The van der Waals surface area contributed by atoms with Crippen LogP contribution in [0.5, 0.6) is 0 Å². The van der Waals surface area contributed by atoms with Crippen LogP contribution in [-0.2, 0) is 6.42 Å². The number of hydrogen-bond donors (Lipinski definition) is 1. The summed E-state index contributed by atoms with van der Waals surface area (Å²) in [5, 5.41) is 12.6. The number of halogens is 2. The zero-order chi connectivity index (χ0) is 14.1. The van der Waals surface area contributed by atoms with E-state index in [2.05, 4.69) is 5.32 Å². The van der Waals surface area contributed by atoms with Crippen LogP contribution < -0.4 is 5.32 Å². The summed E-state index contributed by atoms with van der Waals surface area (Å²) in [7, 11) is 0. The SMILES string of the molecule is N#Cc1ccc(NC2CCc3c(F)cccc32)cc1Cl. The lowest BCUT2D eigenvalue weighted by Gasteiger charge is -2.16. The molecule has 1 aliphatic rings. The predicted octanol–water partition coefficient (Wildman–Crippen LogP) is 4.45. The Morgan fingerprint density at radius 2 is 2.15 bits per heavy atom. The molecule has 2 aromatic rings. The first kappa shape index (κ1) is 13.0. The molecule has 0 fully saturated rings. The van der Waals surface area contributed by atoms with Gasteiger partial charge >= 0.3 is 0 Å². The number of nitrogens with zero attached hydrogens (tertiary/aromatic N) is 1. The minimum absolute atomic E-state index is 0.0877. The lowest BCUT2D eigenvalue weighted by atomic mass is 10.1. The molecule has 0 aliphatic heterocycles. The first-order chi connectivity index (χ1) is 9.69. The van der Waals surface area contributed by atoms with Gasteiger partial charge in [0.25, 0.3) is 0 Å². The first-order valence-corrected chi connectivity index (χ1v) is 6.80. The van der Waals surface area contributed by atoms with Crippen molar-refractivity contribution in [2.75, 3.05) is 5.32 Å². The molecule has 3 rings (SSSR count). The topological polar surface area (TPSA) is 35.8 Å². The molecule has 0 aromatic heterocycles. The molecule has 1 unspecified atom stereocenters. The molecular weight excluding hydrogens is 275 g/mol. The van der Waals surface area contributed by atoms with E-state index >= 15 is 0 Å². The maximum absolute atomic E-state index is 13.7. The van der Waals surface area contributed by atoms with Crippen LogP contribution >= 0.6 is 11.6 Å². The minimum atomic E-state index is -0.135. The Morgan fingerprint density at radius 3 is 2.90 bits per heavy atom. The van der Waals surface area contributed by atoms with Crippen LogP contribution in [0.1, 0.15) is 29.2 Å². The van der Waals surface area contributed by atoms with Gasteiger partial charge in [-0.1, -0.05) is 23.7 Å². The summed E-state index contributed by atoms with van der Waals surface area (Å²) in [5.41, 5.74) is 3.10. The summed E-state index contributed by atoms with van der Waals surface area (Å²) in [4.78, 5) is 0. The van der Waals surface area contributed by atoms with E-state index in [4.69, 9.17) is 16.9 Å². The highest BCUT2D eigenvalue weighted by Crippen LogP contribution is 2.35. The third kappa shape index (κ3) is 2.23. The third-order valence-electron chi connectivity index (χ3n) is 3.64. The average Bonchev–Trinajstić information content (AvgIpc) is 2.84. The second-order valence-electron chi connectivity index (χ2n) is 4.85. The fourth-order valence-electron chi connectivity index (χ4n) is 2.66. The molecule has 1 aliphatic carbocycles. The standard InChI is InChI=1S/C16H12ClFN2/c17-14-8-11(5-4-10(14)9-19)20-16-7-6-12-13(16)2-1-3-15(12)18/h1-5,8,16,20H,6-7H2. The summed E-state index contributed by atoms with van der Waals surface area (Å²) < 4.78 is 13.7. The number of nitrogens with one attached hydrogen (secondary N) is 1. The maximum atomic E-state index is 13.7. The molecule has 0 saturated heterocycles. The molecule has 0 bridgehead atoms. The fraction of sp³-hybridized carbons (Fsp3) is 0.188. The van der Waals surface area contributed by atoms with Gasteiger partial charge in [-0.3, -0.25) is 0 Å². The molecule has 100 valence electrons. The van der Waals surface area contributed by atoms with Crippen molar-refractivity contribution in [1.29, 1.82) is 5.26 Å². The van der Waals surface area contributed by atoms with Crippen molar-refractivity contribution in [3.05, 3.63) is 63.9 Å². The van der Waals surface area contributed by atoms with E-state index in [9.17, 15) is 4.39 Å². The number of anilines is 1. The Hall–Kier alpha value is -2.05. The highest BCUT2D eigenvalue weighted by atomic mass is 35.5. The number of nitriles is 1. The zero-order valence-electron chi connectivity index (χ0n) is 10.7. The smallest absolute Gasteiger partial charge is 0.126 e. The summed E-state index contributed by atoms with van der Waals surface area (Å²) >= 11 is 6.02. The van der Waals surface area contributed by atoms with Crippen LogP contribution in [0.25, 0.3) is 0 Å². The lowest BCUT2D eigenvalue weighted by molar-refractivity contribution is 0.612. The summed E-state index contributed by atoms with van der Waals surface area (Å²) in [6.07, 6.45) is 1.59. The van der Waals surface area contributed by atoms with Crippen molar-refractivity contribution in [2.45, 2.75) is 18.9 Å². The summed E-state index contributed by atoms with van der Waals surface area (Å²) in [6.45, 7) is 0. The Balaban J connectivity index is 1.86. The van der Waals surface area contributed by atoms with Gasteiger partial charge < -0.3 is 5.32 Å². The number of hydrogen-bond acceptors (Lipinski definition) is 2. The number of rotatable bonds is 2. The second-order valence-corrected chi connectivity index (χ2v) is 5.26. The quantitative estimate of drug-likeness (QED) is 0.885. The van der Waals surface area contributed by atoms with E-state index in [0.717, 1.165) is 29.7 Å². The molecule has 0 spiro atoms. The summed E-state index contributed by atoms with van der Waals surface area (Å²) in [5.74, 6) is -0.135. The van der Waals surface area contributed by atoms with Gasteiger partial charge in [-0.2, -0.15) is 5.26 Å². The van der Waals surface area contributed by atoms with Gasteiger partial charge in [0.15, 0.2) is 0 Å². The fourth-order valence-corrected chi connectivity index (χ4v) is 2.88. The van der Waals surface area contributed by atoms with E-state index in [-0.39, 0.29) is 11.9 Å². The van der Waals surface area contributed by atoms with Crippen molar-refractivity contribution in [3.63, 3.8) is 0 Å². The minimum Gasteiger partial charge on any atom is -0.378 e. The van der Waals surface area contributed by atoms with Gasteiger partial charge in [-0.25, -0.2) is 4.39 Å². The van der Waals surface area contributed by atoms with Crippen molar-refractivity contribution in [2.24, 2.45) is 0 Å². The van der Waals surface area contributed by atoms with Gasteiger partial charge in [0.05, 0.1) is 16.6 Å². The zero-order valence-corrected chi connectivity index (χ0v) is 11.4. The van der Waals surface area contributed by atoms with Crippen molar-refractivity contribution in [1.82, 2.24) is 0 Å². The Kier molecular flexibility index (Phi) is 3.33. The van der Waals surface area contributed by atoms with Crippen molar-refractivity contribution < 1.29 is 4.39 Å². The van der Waals surface area contributed by atoms with Gasteiger partial charge in [0.1, 0.15) is 11.9 Å². The Morgan fingerprint density at radius 1 is 1.30 bits per heavy atom. The van der Waals surface area contributed by atoms with Gasteiger partial charge in [0.2, 0.25) is 0 Å². The van der Waals surface area contributed by atoms with Crippen molar-refractivity contribution >= 4 is 17.3 Å². The molecule has 0 saturated carbocycles. The molecular formula is C16H12ClFN2. The molecule has 1 atom stereocenters. The van der Waals surface area contributed by atoms with Crippen LogP contribution in [0.3, 0.4) is 0 Å². The number of fused-ring (bicyclic) bond motifs is 1. The molecule has 0 heterocycles. The van der Waals surface area contributed by atoms with E-state index in [0.29, 0.717) is 10.6 Å². The largest absolute Gasteiger partial charge is 0.378 e. The molecule has 20 heavy (non-hydrogen) atoms. The van der Waals surface area contributed by atoms with Crippen LogP contribution in [-0.4, -0.2) is 0 Å². The second kappa shape index (κ2) is 5.15. The first-order valence-electron chi connectivity index (χ1n) is 6.42. The van der Waals surface area contributed by atoms with Crippen LogP contribution in [0.4, 0.5) is 10.1 Å². The Labute approximate surface area is 121 Å². The molecule has 2 aromatic carbocycles. The highest BCUT2D eigenvalue weighted by molar-refractivity contribution is 6.32. The van der Waals surface area contributed by atoms with Crippen molar-refractivity contribution in [3.8, 4) is 6.07 Å². The van der Waals surface area contributed by atoms with Gasteiger partial charge in [-0.05, 0) is 48.2 Å². The van der Waals surface area contributed by atoms with E-state index < -0.39 is 0 Å². The molecule has 0 amide bonds. The Bertz CT molecular complexity index is 706. The number of benzene rings is 2. The highest BCUT2D eigenvalue weighted by Gasteiger charge is 2.24. The molecule has 4 heteroatoms. The molecule has 2 nitrogen and oxygen atoms in total. The normalized spacial score (nSPS) is 16.6. The predicted molar refractivity (Wildman–Crippen MR) is 77.3 cm³/mol. The van der Waals surface area contributed by atoms with Crippen LogP contribution in [0, 0.1) is 17.1 Å². The maximum Gasteiger partial charge on any atom is 0.126 e. The van der Waals surface area contributed by atoms with E-state index in [1.807, 2.05) is 18.2 Å². The van der Waals surface area contributed by atoms with E-state index in [1.54, 1.807) is 18.2 Å². The molecule has 1 N–H and O–H groups in total. The summed E-state index contributed by atoms with van der Waals surface area (Å²) in [6, 6.07) is 12.5. The molecule has 0 radical (unpaired) electrons.